The zero-order chi connectivity index (χ0) is 20.2. The van der Waals surface area contributed by atoms with Gasteiger partial charge in [0, 0.05) is 36.6 Å². The van der Waals surface area contributed by atoms with Gasteiger partial charge in [0.2, 0.25) is 5.91 Å². The van der Waals surface area contributed by atoms with Crippen LogP contribution in [-0.2, 0) is 11.3 Å². The van der Waals surface area contributed by atoms with E-state index >= 15 is 0 Å². The highest BCUT2D eigenvalue weighted by Gasteiger charge is 2.29. The van der Waals surface area contributed by atoms with Crippen LogP contribution in [0.4, 0.5) is 5.69 Å². The van der Waals surface area contributed by atoms with Crippen molar-refractivity contribution in [3.8, 4) is 0 Å². The van der Waals surface area contributed by atoms with Crippen LogP contribution in [0.3, 0.4) is 0 Å². The highest BCUT2D eigenvalue weighted by atomic mass is 16.2. The fourth-order valence-electron chi connectivity index (χ4n) is 3.79. The number of likely N-dealkylation sites (tertiary alicyclic amines) is 1. The molecule has 6 heteroatoms. The Hall–Kier alpha value is -2.73. The fourth-order valence-corrected chi connectivity index (χ4v) is 3.79. The zero-order valence-electron chi connectivity index (χ0n) is 16.9. The van der Waals surface area contributed by atoms with E-state index in [-0.39, 0.29) is 17.7 Å². The van der Waals surface area contributed by atoms with E-state index in [0.29, 0.717) is 11.6 Å². The first-order chi connectivity index (χ1) is 14.1. The predicted octanol–water partition coefficient (Wildman–Crippen LogP) is 3.13. The molecule has 2 aromatic rings. The molecule has 0 radical (unpaired) electrons. The molecule has 1 aromatic heterocycles. The van der Waals surface area contributed by atoms with E-state index in [2.05, 4.69) is 26.6 Å². The first-order valence-corrected chi connectivity index (χ1v) is 10.4. The lowest BCUT2D eigenvalue weighted by Gasteiger charge is -2.31. The summed E-state index contributed by atoms with van der Waals surface area (Å²) in [5.74, 6) is 0.240. The number of carbonyl (C=O) groups is 2. The number of hydrogen-bond acceptors (Lipinski definition) is 4. The number of pyridine rings is 1. The number of aromatic nitrogens is 1. The van der Waals surface area contributed by atoms with E-state index in [0.717, 1.165) is 62.1 Å². The number of rotatable bonds is 6. The molecule has 0 spiro atoms. The normalized spacial score (nSPS) is 17.7. The first-order valence-electron chi connectivity index (χ1n) is 10.4. The molecule has 6 nitrogen and oxygen atoms in total. The zero-order valence-corrected chi connectivity index (χ0v) is 16.9. The summed E-state index contributed by atoms with van der Waals surface area (Å²) in [6.07, 6.45) is 7.41. The minimum Gasteiger partial charge on any atom is -0.353 e. The summed E-state index contributed by atoms with van der Waals surface area (Å²) in [5.41, 5.74) is 3.46. The summed E-state index contributed by atoms with van der Waals surface area (Å²) in [6, 6.07) is 10.2. The van der Waals surface area contributed by atoms with Crippen LogP contribution in [0, 0.1) is 12.8 Å². The molecule has 1 saturated carbocycles. The van der Waals surface area contributed by atoms with Gasteiger partial charge >= 0.3 is 0 Å². The molecule has 2 amide bonds. The largest absolute Gasteiger partial charge is 0.353 e. The van der Waals surface area contributed by atoms with Gasteiger partial charge < -0.3 is 10.6 Å². The molecule has 0 atom stereocenters. The molecule has 29 heavy (non-hydrogen) atoms. The van der Waals surface area contributed by atoms with Crippen molar-refractivity contribution in [2.75, 3.05) is 18.4 Å². The molecule has 152 valence electrons. The molecule has 2 N–H and O–H groups in total. The van der Waals surface area contributed by atoms with Crippen molar-refractivity contribution in [2.24, 2.45) is 5.92 Å². The summed E-state index contributed by atoms with van der Waals surface area (Å²) in [7, 11) is 0. The van der Waals surface area contributed by atoms with Crippen LogP contribution in [0.2, 0.25) is 0 Å². The smallest absolute Gasteiger partial charge is 0.257 e. The highest BCUT2D eigenvalue weighted by molar-refractivity contribution is 6.04. The van der Waals surface area contributed by atoms with Crippen LogP contribution in [0.15, 0.2) is 42.7 Å². The maximum absolute atomic E-state index is 12.4. The summed E-state index contributed by atoms with van der Waals surface area (Å²) >= 11 is 0. The molecule has 2 aliphatic rings. The number of anilines is 1. The fraction of sp³-hybridized carbons (Fsp3) is 0.435. The quantitative estimate of drug-likeness (QED) is 0.792. The van der Waals surface area contributed by atoms with Gasteiger partial charge in [-0.1, -0.05) is 12.1 Å². The maximum Gasteiger partial charge on any atom is 0.257 e. The summed E-state index contributed by atoms with van der Waals surface area (Å²) < 4.78 is 0. The number of nitrogens with one attached hydrogen (secondary N) is 2. The van der Waals surface area contributed by atoms with Crippen molar-refractivity contribution in [3.63, 3.8) is 0 Å². The van der Waals surface area contributed by atoms with Crippen molar-refractivity contribution < 1.29 is 9.59 Å². The topological polar surface area (TPSA) is 74.3 Å². The van der Waals surface area contributed by atoms with Gasteiger partial charge in [-0.25, -0.2) is 0 Å². The van der Waals surface area contributed by atoms with Crippen molar-refractivity contribution in [2.45, 2.75) is 45.2 Å². The Morgan fingerprint density at radius 2 is 1.90 bits per heavy atom. The Balaban J connectivity index is 1.30. The van der Waals surface area contributed by atoms with Gasteiger partial charge in [0.25, 0.3) is 5.91 Å². The van der Waals surface area contributed by atoms with Crippen LogP contribution in [0.5, 0.6) is 0 Å². The van der Waals surface area contributed by atoms with Crippen LogP contribution in [-0.4, -0.2) is 40.8 Å². The number of benzene rings is 1. The lowest BCUT2D eigenvalue weighted by atomic mass is 9.95. The summed E-state index contributed by atoms with van der Waals surface area (Å²) in [6.45, 7) is 4.60. The minimum absolute atomic E-state index is 0.152. The predicted molar refractivity (Wildman–Crippen MR) is 113 cm³/mol. The number of aryl methyl sites for hydroxylation is 1. The maximum atomic E-state index is 12.4. The number of hydrogen-bond donors (Lipinski definition) is 2. The van der Waals surface area contributed by atoms with Gasteiger partial charge in [0.15, 0.2) is 0 Å². The average Bonchev–Trinajstić information content (AvgIpc) is 3.53. The summed E-state index contributed by atoms with van der Waals surface area (Å²) in [4.78, 5) is 31.1. The molecule has 1 aliphatic carbocycles. The molecular formula is C23H28N4O2. The number of carbonyl (C=O) groups excluding carboxylic acids is 2. The molecule has 0 unspecified atom stereocenters. The highest BCUT2D eigenvalue weighted by Crippen LogP contribution is 2.24. The average molecular weight is 393 g/mol. The van der Waals surface area contributed by atoms with Gasteiger partial charge in [-0.05, 0) is 75.0 Å². The van der Waals surface area contributed by atoms with Gasteiger partial charge in [-0.3, -0.25) is 19.5 Å². The van der Waals surface area contributed by atoms with Gasteiger partial charge in [-0.15, -0.1) is 0 Å². The molecule has 1 aliphatic heterocycles. The molecule has 2 fully saturated rings. The van der Waals surface area contributed by atoms with Crippen LogP contribution >= 0.6 is 0 Å². The first kappa shape index (κ1) is 19.6. The lowest BCUT2D eigenvalue weighted by Crippen LogP contribution is -2.40. The van der Waals surface area contributed by atoms with Crippen molar-refractivity contribution in [1.29, 1.82) is 0 Å². The van der Waals surface area contributed by atoms with Gasteiger partial charge in [0.1, 0.15) is 0 Å². The number of piperidine rings is 1. The van der Waals surface area contributed by atoms with Crippen LogP contribution in [0.25, 0.3) is 0 Å². The Kier molecular flexibility index (Phi) is 5.90. The van der Waals surface area contributed by atoms with Gasteiger partial charge in [0.05, 0.1) is 5.56 Å². The van der Waals surface area contributed by atoms with E-state index in [1.165, 1.54) is 0 Å². The van der Waals surface area contributed by atoms with Gasteiger partial charge in [-0.2, -0.15) is 0 Å². The Morgan fingerprint density at radius 1 is 1.10 bits per heavy atom. The molecule has 1 saturated heterocycles. The van der Waals surface area contributed by atoms with Crippen LogP contribution in [0.1, 0.15) is 47.2 Å². The van der Waals surface area contributed by atoms with E-state index in [1.54, 1.807) is 12.4 Å². The minimum atomic E-state index is -0.152. The third-order valence-corrected chi connectivity index (χ3v) is 5.61. The van der Waals surface area contributed by atoms with Crippen molar-refractivity contribution in [1.82, 2.24) is 15.2 Å². The molecule has 1 aromatic carbocycles. The number of amides is 2. The summed E-state index contributed by atoms with van der Waals surface area (Å²) in [5, 5.41) is 6.09. The molecule has 4 rings (SSSR count). The molecular weight excluding hydrogens is 364 g/mol. The Labute approximate surface area is 171 Å². The van der Waals surface area contributed by atoms with E-state index in [4.69, 9.17) is 0 Å². The van der Waals surface area contributed by atoms with E-state index < -0.39 is 0 Å². The molecule has 0 bridgehead atoms. The van der Waals surface area contributed by atoms with Crippen molar-refractivity contribution in [3.05, 3.63) is 59.4 Å². The monoisotopic (exact) mass is 392 g/mol. The standard InChI is InChI=1S/C23H28N4O2/c1-16-11-19(14-24-13-16)23(29)26-21-4-2-3-17(12-21)15-27-9-7-18(8-10-27)22(28)25-20-5-6-20/h2-4,11-14,18,20H,5-10,15H2,1H3,(H,25,28)(H,26,29). The third kappa shape index (κ3) is 5.41. The third-order valence-electron chi connectivity index (χ3n) is 5.61. The van der Waals surface area contributed by atoms with E-state index in [9.17, 15) is 9.59 Å². The van der Waals surface area contributed by atoms with Crippen LogP contribution < -0.4 is 10.6 Å². The second kappa shape index (κ2) is 8.74. The molecule has 2 heterocycles. The van der Waals surface area contributed by atoms with E-state index in [1.807, 2.05) is 31.2 Å². The lowest BCUT2D eigenvalue weighted by molar-refractivity contribution is -0.126. The second-order valence-electron chi connectivity index (χ2n) is 8.24. The second-order valence-corrected chi connectivity index (χ2v) is 8.24. The Bertz CT molecular complexity index is 886. The SMILES string of the molecule is Cc1cncc(C(=O)Nc2cccc(CN3CCC(C(=O)NC4CC4)CC3)c2)c1. The van der Waals surface area contributed by atoms with Crippen molar-refractivity contribution >= 4 is 17.5 Å². The Morgan fingerprint density at radius 3 is 2.62 bits per heavy atom. The number of nitrogens with zero attached hydrogens (tertiary/aromatic N) is 2.